The zero-order valence-electron chi connectivity index (χ0n) is 14.9. The Bertz CT molecular complexity index is 566. The van der Waals surface area contributed by atoms with Crippen molar-refractivity contribution in [1.82, 2.24) is 5.32 Å². The maximum Gasteiger partial charge on any atom is 0.419 e. The second-order valence-electron chi connectivity index (χ2n) is 6.97. The molecule has 0 radical (unpaired) electrons. The van der Waals surface area contributed by atoms with E-state index < -0.39 is 11.7 Å². The SMILES string of the molecule is CC(C)[C@@H](C)NC(=O)C[NH+]1CCN(c2ccc(C(F)(F)F)c[nH+]2)CC1. The molecule has 1 atom stereocenters. The van der Waals surface area contributed by atoms with Gasteiger partial charge in [-0.3, -0.25) is 9.69 Å². The molecular weight excluding hydrogens is 333 g/mol. The van der Waals surface area contributed by atoms with E-state index in [9.17, 15) is 18.0 Å². The number of halogens is 3. The van der Waals surface area contributed by atoms with E-state index in [1.165, 1.54) is 11.0 Å². The molecule has 0 spiro atoms. The number of anilines is 1. The van der Waals surface area contributed by atoms with Crippen molar-refractivity contribution in [2.45, 2.75) is 33.0 Å². The molecular formula is C17H27F3N4O+2. The summed E-state index contributed by atoms with van der Waals surface area (Å²) in [5.41, 5.74) is -0.684. The minimum Gasteiger partial charge on any atom is -0.348 e. The lowest BCUT2D eigenvalue weighted by molar-refractivity contribution is -0.892. The molecule has 1 amide bonds. The molecule has 0 aliphatic carbocycles. The quantitative estimate of drug-likeness (QED) is 0.798. The molecule has 1 aliphatic rings. The van der Waals surface area contributed by atoms with Crippen LogP contribution in [0.4, 0.5) is 19.0 Å². The number of aromatic amines is 1. The van der Waals surface area contributed by atoms with Crippen LogP contribution in [0.25, 0.3) is 0 Å². The molecule has 0 aromatic carbocycles. The molecule has 0 bridgehead atoms. The number of carbonyl (C=O) groups is 1. The number of alkyl halides is 3. The Labute approximate surface area is 146 Å². The monoisotopic (exact) mass is 360 g/mol. The molecule has 25 heavy (non-hydrogen) atoms. The summed E-state index contributed by atoms with van der Waals surface area (Å²) in [6, 6.07) is 2.70. The third-order valence-corrected chi connectivity index (χ3v) is 4.73. The summed E-state index contributed by atoms with van der Waals surface area (Å²) < 4.78 is 37.8. The fourth-order valence-electron chi connectivity index (χ4n) is 2.73. The molecule has 1 saturated heterocycles. The van der Waals surface area contributed by atoms with Crippen LogP contribution < -0.4 is 20.1 Å². The van der Waals surface area contributed by atoms with E-state index in [4.69, 9.17) is 0 Å². The van der Waals surface area contributed by atoms with Crippen molar-refractivity contribution in [3.05, 3.63) is 23.9 Å². The maximum atomic E-state index is 12.6. The van der Waals surface area contributed by atoms with Gasteiger partial charge in [0.2, 0.25) is 0 Å². The number of rotatable bonds is 5. The van der Waals surface area contributed by atoms with E-state index in [0.717, 1.165) is 25.4 Å². The first kappa shape index (κ1) is 19.5. The molecule has 0 saturated carbocycles. The molecule has 1 aromatic rings. The van der Waals surface area contributed by atoms with Crippen LogP contribution in [0.5, 0.6) is 0 Å². The smallest absolute Gasteiger partial charge is 0.348 e. The number of aromatic nitrogens is 1. The highest BCUT2D eigenvalue weighted by Gasteiger charge is 2.33. The zero-order chi connectivity index (χ0) is 18.6. The van der Waals surface area contributed by atoms with Crippen LogP contribution in [0.15, 0.2) is 18.3 Å². The lowest BCUT2D eigenvalue weighted by atomic mass is 10.1. The lowest BCUT2D eigenvalue weighted by Crippen LogP contribution is -3.16. The van der Waals surface area contributed by atoms with Crippen LogP contribution in [0, 0.1) is 5.92 Å². The van der Waals surface area contributed by atoms with Gasteiger partial charge in [0.1, 0.15) is 32.4 Å². The predicted octanol–water partition coefficient (Wildman–Crippen LogP) is 0.385. The summed E-state index contributed by atoms with van der Waals surface area (Å²) in [6.45, 7) is 9.51. The van der Waals surface area contributed by atoms with Crippen LogP contribution in [0.2, 0.25) is 0 Å². The van der Waals surface area contributed by atoms with Gasteiger partial charge in [-0.15, -0.1) is 0 Å². The van der Waals surface area contributed by atoms with Gasteiger partial charge in [-0.05, 0) is 18.9 Å². The summed E-state index contributed by atoms with van der Waals surface area (Å²) in [7, 11) is 0. The second kappa shape index (κ2) is 8.03. The van der Waals surface area contributed by atoms with Crippen molar-refractivity contribution in [2.75, 3.05) is 37.6 Å². The number of pyridine rings is 1. The van der Waals surface area contributed by atoms with Crippen molar-refractivity contribution in [3.8, 4) is 0 Å². The molecule has 3 N–H and O–H groups in total. The fraction of sp³-hybridized carbons (Fsp3) is 0.647. The number of nitrogens with one attached hydrogen (secondary N) is 3. The highest BCUT2D eigenvalue weighted by atomic mass is 19.4. The molecule has 1 aliphatic heterocycles. The van der Waals surface area contributed by atoms with Gasteiger partial charge in [-0.25, -0.2) is 4.98 Å². The van der Waals surface area contributed by atoms with E-state index in [1.54, 1.807) is 0 Å². The average Bonchev–Trinajstić information content (AvgIpc) is 2.54. The molecule has 2 rings (SSSR count). The van der Waals surface area contributed by atoms with E-state index in [0.29, 0.717) is 31.4 Å². The molecule has 8 heteroatoms. The Kier molecular flexibility index (Phi) is 6.26. The van der Waals surface area contributed by atoms with Gasteiger partial charge in [0.05, 0.1) is 5.56 Å². The van der Waals surface area contributed by atoms with E-state index in [-0.39, 0.29) is 11.9 Å². The van der Waals surface area contributed by atoms with Gasteiger partial charge >= 0.3 is 6.18 Å². The van der Waals surface area contributed by atoms with Gasteiger partial charge in [0, 0.05) is 12.1 Å². The van der Waals surface area contributed by atoms with Crippen LogP contribution >= 0.6 is 0 Å². The highest BCUT2D eigenvalue weighted by Crippen LogP contribution is 2.28. The zero-order valence-corrected chi connectivity index (χ0v) is 14.9. The normalized spacial score (nSPS) is 17.6. The van der Waals surface area contributed by atoms with Gasteiger partial charge in [0.25, 0.3) is 11.7 Å². The van der Waals surface area contributed by atoms with Crippen molar-refractivity contribution >= 4 is 11.7 Å². The third kappa shape index (κ3) is 5.59. The Morgan fingerprint density at radius 2 is 1.92 bits per heavy atom. The summed E-state index contributed by atoms with van der Waals surface area (Å²) >= 11 is 0. The van der Waals surface area contributed by atoms with Crippen molar-refractivity contribution in [3.63, 3.8) is 0 Å². The topological polar surface area (TPSA) is 50.9 Å². The number of hydrogen-bond acceptors (Lipinski definition) is 2. The first-order chi connectivity index (χ1) is 11.7. The number of nitrogens with zero attached hydrogens (tertiary/aromatic N) is 1. The predicted molar refractivity (Wildman–Crippen MR) is 88.2 cm³/mol. The first-order valence-electron chi connectivity index (χ1n) is 8.63. The van der Waals surface area contributed by atoms with E-state index in [1.807, 2.05) is 11.8 Å². The Balaban J connectivity index is 1.82. The van der Waals surface area contributed by atoms with Gasteiger partial charge in [0.15, 0.2) is 6.54 Å². The number of carbonyl (C=O) groups excluding carboxylic acids is 1. The van der Waals surface area contributed by atoms with E-state index in [2.05, 4.69) is 24.1 Å². The largest absolute Gasteiger partial charge is 0.419 e. The van der Waals surface area contributed by atoms with Crippen LogP contribution in [-0.2, 0) is 11.0 Å². The number of H-pyrrole nitrogens is 1. The van der Waals surface area contributed by atoms with Gasteiger partial charge < -0.3 is 10.2 Å². The standard InChI is InChI=1S/C17H25F3N4O/c1-12(2)13(3)22-16(25)11-23-6-8-24(9-7-23)15-5-4-14(10-21-15)17(18,19)20/h4-5,10,12-13H,6-9,11H2,1-3H3,(H,22,25)/p+2/t13-/m1/s1. The van der Waals surface area contributed by atoms with Gasteiger partial charge in [-0.2, -0.15) is 13.2 Å². The fourth-order valence-corrected chi connectivity index (χ4v) is 2.73. The van der Waals surface area contributed by atoms with Crippen molar-refractivity contribution in [1.29, 1.82) is 0 Å². The van der Waals surface area contributed by atoms with Crippen molar-refractivity contribution in [2.24, 2.45) is 5.92 Å². The number of amides is 1. The minimum absolute atomic E-state index is 0.0470. The van der Waals surface area contributed by atoms with Crippen LogP contribution in [0.3, 0.4) is 0 Å². The average molecular weight is 360 g/mol. The molecule has 140 valence electrons. The third-order valence-electron chi connectivity index (χ3n) is 4.73. The Morgan fingerprint density at radius 3 is 2.40 bits per heavy atom. The number of quaternary nitrogens is 1. The molecule has 1 aromatic heterocycles. The molecule has 1 fully saturated rings. The van der Waals surface area contributed by atoms with Crippen LogP contribution in [0.1, 0.15) is 26.3 Å². The van der Waals surface area contributed by atoms with Crippen LogP contribution in [-0.4, -0.2) is 44.7 Å². The minimum atomic E-state index is -4.33. The van der Waals surface area contributed by atoms with Crippen molar-refractivity contribution < 1.29 is 27.8 Å². The first-order valence-corrected chi connectivity index (χ1v) is 8.63. The molecule has 0 unspecified atom stereocenters. The summed E-state index contributed by atoms with van der Waals surface area (Å²) in [5, 5.41) is 3.00. The van der Waals surface area contributed by atoms with Gasteiger partial charge in [-0.1, -0.05) is 13.8 Å². The summed E-state index contributed by atoms with van der Waals surface area (Å²) in [5.74, 6) is 1.11. The highest BCUT2D eigenvalue weighted by molar-refractivity contribution is 5.77. The maximum absolute atomic E-state index is 12.6. The Hall–Kier alpha value is -1.83. The summed E-state index contributed by atoms with van der Waals surface area (Å²) in [4.78, 5) is 18.0. The number of hydrogen-bond donors (Lipinski definition) is 2. The van der Waals surface area contributed by atoms with E-state index >= 15 is 0 Å². The molecule has 2 heterocycles. The lowest BCUT2D eigenvalue weighted by Gasteiger charge is -2.28. The summed E-state index contributed by atoms with van der Waals surface area (Å²) in [6.07, 6.45) is -3.34. The Morgan fingerprint density at radius 1 is 1.28 bits per heavy atom. The second-order valence-corrected chi connectivity index (χ2v) is 6.97. The molecule has 5 nitrogen and oxygen atoms in total. The number of piperazine rings is 1.